The van der Waals surface area contributed by atoms with Crippen LogP contribution in [0.15, 0.2) is 48.6 Å². The molecule has 5 rings (SSSR count). The lowest BCUT2D eigenvalue weighted by Crippen LogP contribution is -2.57. The van der Waals surface area contributed by atoms with Crippen LogP contribution in [0, 0.1) is 11.8 Å². The first-order valence-electron chi connectivity index (χ1n) is 12.1. The van der Waals surface area contributed by atoms with Gasteiger partial charge in [-0.15, -0.1) is 0 Å². The number of nitrogens with zero attached hydrogens (tertiary/aromatic N) is 2. The molecule has 0 saturated carbocycles. The van der Waals surface area contributed by atoms with Gasteiger partial charge in [0.1, 0.15) is 17.6 Å². The molecule has 35 heavy (non-hydrogen) atoms. The lowest BCUT2D eigenvalue weighted by molar-refractivity contribution is -0.155. The molecule has 6 atom stereocenters. The summed E-state index contributed by atoms with van der Waals surface area (Å²) in [6.07, 6.45) is 9.13. The summed E-state index contributed by atoms with van der Waals surface area (Å²) in [5.74, 6) is -3.03. The number of allylic oxidation sites excluding steroid dienone is 1. The van der Waals surface area contributed by atoms with Gasteiger partial charge >= 0.3 is 5.97 Å². The number of hydrogen-bond acceptors (Lipinski definition) is 6. The molecular weight excluding hydrogens is 472 g/mol. The first-order chi connectivity index (χ1) is 16.9. The van der Waals surface area contributed by atoms with E-state index in [1.54, 1.807) is 42.2 Å². The molecule has 2 saturated heterocycles. The summed E-state index contributed by atoms with van der Waals surface area (Å²) in [6, 6.07) is 5.20. The van der Waals surface area contributed by atoms with Gasteiger partial charge < -0.3 is 24.4 Å². The molecule has 1 aromatic carbocycles. The number of esters is 1. The number of rotatable bonds is 3. The third-order valence-electron chi connectivity index (χ3n) is 7.42. The zero-order valence-electron chi connectivity index (χ0n) is 19.5. The topological polar surface area (TPSA) is 96.4 Å². The predicted molar refractivity (Wildman–Crippen MR) is 129 cm³/mol. The normalized spacial score (nSPS) is 34.5. The minimum Gasteiger partial charge on any atom is -0.465 e. The van der Waals surface area contributed by atoms with Crippen molar-refractivity contribution in [1.82, 2.24) is 4.90 Å². The van der Waals surface area contributed by atoms with Crippen LogP contribution in [-0.2, 0) is 23.9 Å². The van der Waals surface area contributed by atoms with Gasteiger partial charge in [0.2, 0.25) is 5.91 Å². The van der Waals surface area contributed by atoms with Gasteiger partial charge in [-0.3, -0.25) is 14.4 Å². The van der Waals surface area contributed by atoms with Crippen molar-refractivity contribution in [2.45, 2.75) is 50.0 Å². The quantitative estimate of drug-likeness (QED) is 0.506. The van der Waals surface area contributed by atoms with Gasteiger partial charge in [0.25, 0.3) is 5.91 Å². The maximum Gasteiger partial charge on any atom is 0.312 e. The van der Waals surface area contributed by atoms with Crippen molar-refractivity contribution in [1.29, 1.82) is 0 Å². The number of benzene rings is 1. The van der Waals surface area contributed by atoms with Gasteiger partial charge in [-0.05, 0) is 50.5 Å². The van der Waals surface area contributed by atoms with Crippen LogP contribution in [0.3, 0.4) is 0 Å². The van der Waals surface area contributed by atoms with Crippen LogP contribution in [0.4, 0.5) is 5.69 Å². The zero-order valence-corrected chi connectivity index (χ0v) is 20.3. The molecule has 2 fully saturated rings. The molecule has 8 nitrogen and oxygen atoms in total. The summed E-state index contributed by atoms with van der Waals surface area (Å²) in [5, 5.41) is 10.5. The van der Waals surface area contributed by atoms with Gasteiger partial charge in [-0.1, -0.05) is 35.9 Å². The maximum atomic E-state index is 14.1. The van der Waals surface area contributed by atoms with Gasteiger partial charge in [-0.2, -0.15) is 0 Å². The van der Waals surface area contributed by atoms with Gasteiger partial charge in [0.05, 0.1) is 31.3 Å². The maximum absolute atomic E-state index is 14.1. The van der Waals surface area contributed by atoms with E-state index < -0.39 is 41.6 Å². The monoisotopic (exact) mass is 500 g/mol. The van der Waals surface area contributed by atoms with Crippen molar-refractivity contribution >= 4 is 35.1 Å². The number of cyclic esters (lactones) is 1. The Kier molecular flexibility index (Phi) is 6.46. The van der Waals surface area contributed by atoms with Crippen molar-refractivity contribution in [2.24, 2.45) is 11.8 Å². The molecule has 1 unspecified atom stereocenters. The lowest BCUT2D eigenvalue weighted by atomic mass is 9.78. The van der Waals surface area contributed by atoms with E-state index in [9.17, 15) is 19.5 Å². The molecule has 9 heteroatoms. The number of amides is 2. The Morgan fingerprint density at radius 3 is 2.66 bits per heavy atom. The van der Waals surface area contributed by atoms with Gasteiger partial charge in [-0.25, -0.2) is 0 Å². The fraction of sp³-hybridized carbons (Fsp3) is 0.500. The minimum atomic E-state index is -1.36. The average molecular weight is 501 g/mol. The highest BCUT2D eigenvalue weighted by atomic mass is 35.5. The summed E-state index contributed by atoms with van der Waals surface area (Å²) in [6.45, 7) is 1.90. The smallest absolute Gasteiger partial charge is 0.312 e. The molecule has 186 valence electrons. The van der Waals surface area contributed by atoms with E-state index in [-0.39, 0.29) is 31.6 Å². The lowest BCUT2D eigenvalue weighted by Gasteiger charge is -2.37. The Labute approximate surface area is 209 Å². The number of anilines is 1. The Hall–Kier alpha value is -2.68. The molecular formula is C26H29ClN2O6. The summed E-state index contributed by atoms with van der Waals surface area (Å²) < 4.78 is 12.1. The van der Waals surface area contributed by atoms with Crippen LogP contribution in [0.2, 0.25) is 5.02 Å². The van der Waals surface area contributed by atoms with Crippen LogP contribution in [0.25, 0.3) is 0 Å². The van der Waals surface area contributed by atoms with E-state index in [2.05, 4.69) is 0 Å². The van der Waals surface area contributed by atoms with Crippen molar-refractivity contribution in [3.8, 4) is 0 Å². The number of aliphatic hydroxyl groups excluding tert-OH is 1. The SMILES string of the molecule is C[C@H](CO)N1C(=O)[C@@H]2[C@@H]3C(=O)OCCCC/C=C\[C@@H]3O[C@@]23C=CCN(c2ccc(Cl)cc2)C(=O)C13. The molecule has 0 aromatic heterocycles. The van der Waals surface area contributed by atoms with E-state index >= 15 is 0 Å². The van der Waals surface area contributed by atoms with E-state index in [0.717, 1.165) is 19.3 Å². The second-order valence-corrected chi connectivity index (χ2v) is 9.97. The van der Waals surface area contributed by atoms with Gasteiger partial charge in [0.15, 0.2) is 0 Å². The number of likely N-dealkylation sites (tertiary alicyclic amines) is 1. The molecule has 0 radical (unpaired) electrons. The second-order valence-electron chi connectivity index (χ2n) is 9.54. The Morgan fingerprint density at radius 2 is 1.91 bits per heavy atom. The first kappa shape index (κ1) is 24.0. The highest BCUT2D eigenvalue weighted by molar-refractivity contribution is 6.30. The second kappa shape index (κ2) is 9.41. The first-order valence-corrected chi connectivity index (χ1v) is 12.5. The number of halogens is 1. The molecule has 2 amide bonds. The van der Waals surface area contributed by atoms with Crippen molar-refractivity contribution in [2.75, 3.05) is 24.7 Å². The summed E-state index contributed by atoms with van der Waals surface area (Å²) in [7, 11) is 0. The summed E-state index contributed by atoms with van der Waals surface area (Å²) in [4.78, 5) is 44.2. The van der Waals surface area contributed by atoms with Crippen LogP contribution >= 0.6 is 11.6 Å². The minimum absolute atomic E-state index is 0.264. The van der Waals surface area contributed by atoms with Gasteiger partial charge in [0, 0.05) is 17.3 Å². The largest absolute Gasteiger partial charge is 0.465 e. The average Bonchev–Trinajstić information content (AvgIpc) is 3.24. The third-order valence-corrected chi connectivity index (χ3v) is 7.67. The fourth-order valence-corrected chi connectivity index (χ4v) is 5.90. The van der Waals surface area contributed by atoms with Crippen molar-refractivity contribution in [3.63, 3.8) is 0 Å². The van der Waals surface area contributed by atoms with E-state index in [0.29, 0.717) is 10.7 Å². The van der Waals surface area contributed by atoms with Crippen LogP contribution < -0.4 is 4.90 Å². The van der Waals surface area contributed by atoms with Crippen LogP contribution in [-0.4, -0.2) is 71.3 Å². The standard InChI is InChI=1S/C26H29ClN2O6/c1-16(15-30)29-22-24(32)28(18-10-8-17(27)9-11-18)13-6-12-26(22)21(23(29)31)20-19(35-26)7-4-2-3-5-14-34-25(20)33/h4,6-12,16,19-22,30H,2-3,5,13-15H2,1H3/b7-4-/t16-,19+,20-,21+,22?,26+/m1/s1. The third kappa shape index (κ3) is 3.88. The van der Waals surface area contributed by atoms with Crippen molar-refractivity contribution in [3.05, 3.63) is 53.6 Å². The fourth-order valence-electron chi connectivity index (χ4n) is 5.77. The number of carbonyl (C=O) groups is 3. The van der Waals surface area contributed by atoms with Crippen LogP contribution in [0.5, 0.6) is 0 Å². The molecule has 4 heterocycles. The number of carbonyl (C=O) groups excluding carboxylic acids is 3. The van der Waals surface area contributed by atoms with Crippen molar-refractivity contribution < 1.29 is 29.0 Å². The molecule has 1 aromatic rings. The number of hydrogen-bond donors (Lipinski definition) is 1. The highest BCUT2D eigenvalue weighted by Crippen LogP contribution is 2.53. The number of ether oxygens (including phenoxy) is 2. The Morgan fingerprint density at radius 1 is 1.14 bits per heavy atom. The zero-order chi connectivity index (χ0) is 24.7. The molecule has 4 aliphatic heterocycles. The molecule has 4 aliphatic rings. The molecule has 1 N–H and O–H groups in total. The number of fused-ring (bicyclic) bond motifs is 2. The number of aliphatic hydroxyl groups is 1. The Bertz CT molecular complexity index is 1070. The Balaban J connectivity index is 1.62. The summed E-state index contributed by atoms with van der Waals surface area (Å²) in [5.41, 5.74) is -0.726. The van der Waals surface area contributed by atoms with E-state index in [4.69, 9.17) is 21.1 Å². The predicted octanol–water partition coefficient (Wildman–Crippen LogP) is 2.49. The molecule has 0 aliphatic carbocycles. The van der Waals surface area contributed by atoms with E-state index in [1.807, 2.05) is 18.2 Å². The molecule has 0 bridgehead atoms. The highest BCUT2D eigenvalue weighted by Gasteiger charge is 2.72. The summed E-state index contributed by atoms with van der Waals surface area (Å²) >= 11 is 6.05. The molecule has 1 spiro atoms. The van der Waals surface area contributed by atoms with Crippen LogP contribution in [0.1, 0.15) is 26.2 Å². The van der Waals surface area contributed by atoms with E-state index in [1.165, 1.54) is 4.90 Å².